The predicted octanol–water partition coefficient (Wildman–Crippen LogP) is 2.59. The third kappa shape index (κ3) is 5.38. The molecule has 3 atom stereocenters. The quantitative estimate of drug-likeness (QED) is 0.463. The number of aryl methyl sites for hydroxylation is 1. The van der Waals surface area contributed by atoms with Gasteiger partial charge in [0.1, 0.15) is 35.0 Å². The van der Waals surface area contributed by atoms with Crippen molar-refractivity contribution in [3.63, 3.8) is 0 Å². The maximum absolute atomic E-state index is 14.6. The SMILES string of the molecule is CN(C)C(=O)C(=N)/C(Cl)=C1/CN(c2nc(OC[C@@]34CCCN3C[C@H](F)C4)nc3c2CN(C)[C@@]2(CCc4ccccc42)C3)CCC[NH2+]1. The molecule has 1 amide bonds. The molecule has 5 heterocycles. The molecule has 5 aliphatic rings. The third-order valence-electron chi connectivity index (χ3n) is 11.0. The molecule has 1 aromatic carbocycles. The Kier molecular flexibility index (Phi) is 8.32. The van der Waals surface area contributed by atoms with Crippen molar-refractivity contribution in [2.24, 2.45) is 0 Å². The van der Waals surface area contributed by atoms with Crippen molar-refractivity contribution in [3.05, 3.63) is 57.4 Å². The summed E-state index contributed by atoms with van der Waals surface area (Å²) in [7, 11) is 5.45. The summed E-state index contributed by atoms with van der Waals surface area (Å²) in [6, 6.07) is 9.09. The van der Waals surface area contributed by atoms with Crippen LogP contribution in [0.4, 0.5) is 10.2 Å². The number of benzene rings is 1. The van der Waals surface area contributed by atoms with Gasteiger partial charge in [-0.3, -0.25) is 20.0 Å². The maximum atomic E-state index is 14.6. The summed E-state index contributed by atoms with van der Waals surface area (Å²) in [4.78, 5) is 31.1. The molecule has 10 nitrogen and oxygen atoms in total. The highest BCUT2D eigenvalue weighted by Crippen LogP contribution is 2.48. The minimum Gasteiger partial charge on any atom is -0.461 e. The molecule has 0 unspecified atom stereocenters. The van der Waals surface area contributed by atoms with Crippen LogP contribution < -0.4 is 15.0 Å². The van der Waals surface area contributed by atoms with Crippen LogP contribution in [0.1, 0.15) is 54.5 Å². The van der Waals surface area contributed by atoms with Crippen LogP contribution in [-0.4, -0.2) is 108 Å². The van der Waals surface area contributed by atoms with Gasteiger partial charge in [-0.05, 0) is 50.4 Å². The second-order valence-corrected chi connectivity index (χ2v) is 14.4. The first-order valence-electron chi connectivity index (χ1n) is 16.6. The number of nitrogens with zero attached hydrogens (tertiary/aromatic N) is 6. The fourth-order valence-corrected chi connectivity index (χ4v) is 8.77. The monoisotopic (exact) mass is 651 g/mol. The zero-order chi connectivity index (χ0) is 32.2. The van der Waals surface area contributed by atoms with E-state index in [0.717, 1.165) is 80.9 Å². The summed E-state index contributed by atoms with van der Waals surface area (Å²) in [6.45, 7) is 4.37. The summed E-state index contributed by atoms with van der Waals surface area (Å²) in [5.74, 6) is 0.384. The van der Waals surface area contributed by atoms with Crippen molar-refractivity contribution in [2.45, 2.75) is 68.7 Å². The molecule has 1 aromatic heterocycles. The van der Waals surface area contributed by atoms with Crippen LogP contribution in [0, 0.1) is 5.41 Å². The first-order chi connectivity index (χ1) is 22.1. The van der Waals surface area contributed by atoms with Gasteiger partial charge in [0.15, 0.2) is 0 Å². The Morgan fingerprint density at radius 3 is 2.85 bits per heavy atom. The number of hydrogen-bond donors (Lipinski definition) is 2. The van der Waals surface area contributed by atoms with Gasteiger partial charge >= 0.3 is 6.01 Å². The second kappa shape index (κ2) is 12.2. The Balaban J connectivity index is 1.26. The van der Waals surface area contributed by atoms with Crippen LogP contribution in [0.3, 0.4) is 0 Å². The maximum Gasteiger partial charge on any atom is 0.318 e. The highest BCUT2D eigenvalue weighted by molar-refractivity contribution is 6.58. The van der Waals surface area contributed by atoms with E-state index in [-0.39, 0.29) is 21.8 Å². The van der Waals surface area contributed by atoms with Gasteiger partial charge in [0.05, 0.1) is 29.9 Å². The van der Waals surface area contributed by atoms with Gasteiger partial charge in [-0.1, -0.05) is 35.9 Å². The van der Waals surface area contributed by atoms with Gasteiger partial charge in [0, 0.05) is 58.6 Å². The molecule has 3 saturated heterocycles. The van der Waals surface area contributed by atoms with E-state index in [1.165, 1.54) is 16.0 Å². The summed E-state index contributed by atoms with van der Waals surface area (Å²) in [5.41, 5.74) is 4.93. The molecule has 3 N–H and O–H groups in total. The van der Waals surface area contributed by atoms with E-state index in [4.69, 9.17) is 31.7 Å². The lowest BCUT2D eigenvalue weighted by atomic mass is 9.81. The molecule has 1 aliphatic carbocycles. The summed E-state index contributed by atoms with van der Waals surface area (Å²) in [6.07, 6.45) is 5.31. The molecule has 0 saturated carbocycles. The van der Waals surface area contributed by atoms with Crippen molar-refractivity contribution in [3.8, 4) is 6.01 Å². The number of nitrogens with two attached hydrogens (primary N) is 1. The number of halogens is 2. The molecule has 12 heteroatoms. The van der Waals surface area contributed by atoms with Gasteiger partial charge in [-0.25, -0.2) is 4.39 Å². The minimum atomic E-state index is -0.830. The highest BCUT2D eigenvalue weighted by atomic mass is 35.5. The highest BCUT2D eigenvalue weighted by Gasteiger charge is 2.50. The van der Waals surface area contributed by atoms with Crippen LogP contribution in [0.25, 0.3) is 0 Å². The van der Waals surface area contributed by atoms with Crippen LogP contribution in [0.2, 0.25) is 0 Å². The number of nitrogens with one attached hydrogen (secondary N) is 1. The Bertz CT molecular complexity index is 1580. The molecule has 0 radical (unpaired) electrons. The summed E-state index contributed by atoms with van der Waals surface area (Å²) < 4.78 is 21.1. The zero-order valence-electron chi connectivity index (χ0n) is 27.1. The topological polar surface area (TPSA) is 106 Å². The Morgan fingerprint density at radius 2 is 2.02 bits per heavy atom. The van der Waals surface area contributed by atoms with Gasteiger partial charge < -0.3 is 19.9 Å². The zero-order valence-corrected chi connectivity index (χ0v) is 27.9. The number of alkyl halides is 1. The van der Waals surface area contributed by atoms with E-state index in [9.17, 15) is 9.18 Å². The molecule has 0 bridgehead atoms. The number of carbonyl (C=O) groups excluding carboxylic acids is 1. The van der Waals surface area contributed by atoms with Gasteiger partial charge in [0.2, 0.25) is 0 Å². The van der Waals surface area contributed by atoms with Crippen molar-refractivity contribution >= 4 is 29.0 Å². The lowest BCUT2D eigenvalue weighted by Crippen LogP contribution is -2.83. The average molecular weight is 652 g/mol. The lowest BCUT2D eigenvalue weighted by molar-refractivity contribution is -0.605. The molecular formula is C34H45ClFN8O2+. The number of anilines is 1. The number of likely N-dealkylation sites (N-methyl/N-ethyl adjacent to an activating group) is 1. The average Bonchev–Trinajstić information content (AvgIpc) is 3.62. The van der Waals surface area contributed by atoms with E-state index in [1.807, 2.05) is 5.32 Å². The largest absolute Gasteiger partial charge is 0.461 e. The standard InChI is InChI=1S/C34H44ClFN8O2/c1-41(2)31(45)29(37)28(35)27-20-43(14-7-13-38-27)30-24-19-42(3)34(12-10-22-8-4-5-9-25(22)34)17-26(24)39-32(40-30)46-21-33-11-6-15-44(33)18-23(36)16-33/h4-5,8-9,23,37-38H,6-7,10-21H2,1-3H3/p+1/b28-27+,37-29?/t23-,33+,34+/m1/s1. The molecular weight excluding hydrogens is 607 g/mol. The van der Waals surface area contributed by atoms with Crippen molar-refractivity contribution < 1.29 is 19.2 Å². The normalized spacial score (nSPS) is 28.9. The van der Waals surface area contributed by atoms with E-state index in [2.05, 4.69) is 46.0 Å². The molecule has 2 aromatic rings. The number of quaternary nitrogens is 1. The summed E-state index contributed by atoms with van der Waals surface area (Å²) in [5, 5.41) is 10.7. The minimum absolute atomic E-state index is 0.150. The molecule has 4 aliphatic heterocycles. The van der Waals surface area contributed by atoms with Gasteiger partial charge in [-0.2, -0.15) is 9.97 Å². The van der Waals surface area contributed by atoms with Crippen molar-refractivity contribution in [1.82, 2.24) is 24.7 Å². The van der Waals surface area contributed by atoms with Crippen LogP contribution in [-0.2, 0) is 29.7 Å². The van der Waals surface area contributed by atoms with Crippen LogP contribution in [0.15, 0.2) is 35.0 Å². The number of rotatable bonds is 6. The Labute approximate surface area is 275 Å². The first-order valence-corrected chi connectivity index (χ1v) is 17.0. The first kappa shape index (κ1) is 31.5. The fraction of sp³-hybridized carbons (Fsp3) is 0.588. The molecule has 3 fully saturated rings. The van der Waals surface area contributed by atoms with E-state index >= 15 is 0 Å². The van der Waals surface area contributed by atoms with E-state index in [1.54, 1.807) is 14.1 Å². The molecule has 1 spiro atoms. The number of aromatic nitrogens is 2. The molecule has 46 heavy (non-hydrogen) atoms. The van der Waals surface area contributed by atoms with E-state index < -0.39 is 12.1 Å². The smallest absolute Gasteiger partial charge is 0.318 e. The van der Waals surface area contributed by atoms with Crippen LogP contribution in [0.5, 0.6) is 6.01 Å². The molecule has 246 valence electrons. The van der Waals surface area contributed by atoms with Gasteiger partial charge in [-0.15, -0.1) is 0 Å². The van der Waals surface area contributed by atoms with E-state index in [0.29, 0.717) is 38.7 Å². The molecule has 7 rings (SSSR count). The Morgan fingerprint density at radius 1 is 1.20 bits per heavy atom. The number of hydrogen-bond acceptors (Lipinski definition) is 8. The lowest BCUT2D eigenvalue weighted by Gasteiger charge is -2.44. The predicted molar refractivity (Wildman–Crippen MR) is 175 cm³/mol. The third-order valence-corrected chi connectivity index (χ3v) is 11.4. The van der Waals surface area contributed by atoms with Crippen molar-refractivity contribution in [1.29, 1.82) is 5.41 Å². The summed E-state index contributed by atoms with van der Waals surface area (Å²) >= 11 is 6.74. The number of ether oxygens (including phenoxy) is 1. The van der Waals surface area contributed by atoms with Gasteiger partial charge in [0.25, 0.3) is 5.91 Å². The Hall–Kier alpha value is -3.12. The number of amides is 1. The fourth-order valence-electron chi connectivity index (χ4n) is 8.55. The van der Waals surface area contributed by atoms with Crippen molar-refractivity contribution in [2.75, 3.05) is 65.4 Å². The second-order valence-electron chi connectivity index (χ2n) is 14.0. The van der Waals surface area contributed by atoms with Crippen LogP contribution >= 0.6 is 11.6 Å². The number of fused-ring (bicyclic) bond motifs is 4. The number of carbonyl (C=O) groups is 1.